The van der Waals surface area contributed by atoms with E-state index in [1.165, 1.54) is 0 Å². The quantitative estimate of drug-likeness (QED) is 0.494. The SMILES string of the molecule is CC1C(C)[NH+]([O-])CN1[C@@H](CCC(N)=O)C(=O)[O-]. The number of carbonyl (C=O) groups excluding carboxylic acids is 2. The Balaban J connectivity index is 2.71. The summed E-state index contributed by atoms with van der Waals surface area (Å²) in [5.41, 5.74) is 4.99. The van der Waals surface area contributed by atoms with Gasteiger partial charge in [-0.05, 0) is 20.3 Å². The molecule has 1 fully saturated rings. The van der Waals surface area contributed by atoms with Gasteiger partial charge in [-0.3, -0.25) is 4.79 Å². The van der Waals surface area contributed by atoms with E-state index in [4.69, 9.17) is 5.73 Å². The number of carbonyl (C=O) groups is 2. The molecule has 3 unspecified atom stereocenters. The number of carboxylic acid groups (broad SMARTS) is 1. The number of quaternary nitrogens is 1. The van der Waals surface area contributed by atoms with Gasteiger partial charge in [0, 0.05) is 6.42 Å². The summed E-state index contributed by atoms with van der Waals surface area (Å²) in [5, 5.41) is 22.6. The molecule has 0 spiro atoms. The average Bonchev–Trinajstić information content (AvgIpc) is 2.46. The van der Waals surface area contributed by atoms with Gasteiger partial charge in [0.15, 0.2) is 0 Å². The highest BCUT2D eigenvalue weighted by atomic mass is 16.5. The fourth-order valence-electron chi connectivity index (χ4n) is 2.12. The minimum Gasteiger partial charge on any atom is -0.633 e. The zero-order chi connectivity index (χ0) is 13.2. The molecule has 0 aromatic carbocycles. The Bertz CT molecular complexity index is 310. The third kappa shape index (κ3) is 3.15. The van der Waals surface area contributed by atoms with Crippen molar-refractivity contribution in [3.05, 3.63) is 5.21 Å². The first-order valence-electron chi connectivity index (χ1n) is 5.62. The predicted molar refractivity (Wildman–Crippen MR) is 57.2 cm³/mol. The summed E-state index contributed by atoms with van der Waals surface area (Å²) in [5.74, 6) is -1.82. The van der Waals surface area contributed by atoms with E-state index in [-0.39, 0.29) is 36.7 Å². The Labute approximate surface area is 99.7 Å². The van der Waals surface area contributed by atoms with E-state index in [2.05, 4.69) is 0 Å². The monoisotopic (exact) mass is 244 g/mol. The number of amides is 1. The van der Waals surface area contributed by atoms with Gasteiger partial charge in [0.05, 0.1) is 18.1 Å². The van der Waals surface area contributed by atoms with Crippen LogP contribution in [0.5, 0.6) is 0 Å². The summed E-state index contributed by atoms with van der Waals surface area (Å²) in [7, 11) is 0. The van der Waals surface area contributed by atoms with Crippen molar-refractivity contribution < 1.29 is 19.8 Å². The highest BCUT2D eigenvalue weighted by Crippen LogP contribution is 2.14. The summed E-state index contributed by atoms with van der Waals surface area (Å²) < 4.78 is 0. The zero-order valence-electron chi connectivity index (χ0n) is 10.0. The lowest BCUT2D eigenvalue weighted by Crippen LogP contribution is -3.09. The molecular formula is C10H18N3O4-. The number of nitrogens with two attached hydrogens (primary N) is 1. The molecule has 1 aliphatic rings. The molecule has 0 saturated carbocycles. The maximum absolute atomic E-state index is 11.5. The van der Waals surface area contributed by atoms with E-state index < -0.39 is 17.9 Å². The van der Waals surface area contributed by atoms with Crippen LogP contribution < -0.4 is 15.9 Å². The fourth-order valence-corrected chi connectivity index (χ4v) is 2.12. The zero-order valence-corrected chi connectivity index (χ0v) is 10.0. The van der Waals surface area contributed by atoms with Crippen molar-refractivity contribution in [1.29, 1.82) is 0 Å². The number of primary amides is 1. The van der Waals surface area contributed by atoms with Crippen molar-refractivity contribution in [3.8, 4) is 0 Å². The van der Waals surface area contributed by atoms with Crippen molar-refractivity contribution in [1.82, 2.24) is 4.90 Å². The van der Waals surface area contributed by atoms with Gasteiger partial charge in [0.1, 0.15) is 12.7 Å². The molecule has 0 bridgehead atoms. The van der Waals surface area contributed by atoms with Gasteiger partial charge >= 0.3 is 0 Å². The molecule has 4 atom stereocenters. The maximum atomic E-state index is 11.5. The lowest BCUT2D eigenvalue weighted by atomic mass is 10.1. The Morgan fingerprint density at radius 3 is 2.47 bits per heavy atom. The van der Waals surface area contributed by atoms with Gasteiger partial charge in [-0.2, -0.15) is 0 Å². The number of carboxylic acids is 1. The number of hydroxylamine groups is 2. The highest BCUT2D eigenvalue weighted by molar-refractivity contribution is 5.76. The molecule has 98 valence electrons. The third-order valence-corrected chi connectivity index (χ3v) is 3.43. The second-order valence-electron chi connectivity index (χ2n) is 4.51. The van der Waals surface area contributed by atoms with E-state index in [0.717, 1.165) is 0 Å². The predicted octanol–water partition coefficient (Wildman–Crippen LogP) is -3.20. The topological polar surface area (TPSA) is 114 Å². The molecule has 7 nitrogen and oxygen atoms in total. The fraction of sp³-hybridized carbons (Fsp3) is 0.800. The molecule has 0 aliphatic carbocycles. The molecule has 1 amide bonds. The Morgan fingerprint density at radius 1 is 1.53 bits per heavy atom. The van der Waals surface area contributed by atoms with E-state index in [9.17, 15) is 19.9 Å². The number of hydrogen-bond acceptors (Lipinski definition) is 5. The van der Waals surface area contributed by atoms with E-state index in [1.807, 2.05) is 0 Å². The van der Waals surface area contributed by atoms with Crippen molar-refractivity contribution in [3.63, 3.8) is 0 Å². The van der Waals surface area contributed by atoms with Crippen molar-refractivity contribution in [2.45, 2.75) is 44.8 Å². The molecule has 0 aromatic rings. The van der Waals surface area contributed by atoms with Crippen LogP contribution in [0.25, 0.3) is 0 Å². The molecule has 1 aliphatic heterocycles. The molecule has 1 saturated heterocycles. The van der Waals surface area contributed by atoms with Crippen molar-refractivity contribution in [2.24, 2.45) is 5.73 Å². The molecule has 1 rings (SSSR count). The highest BCUT2D eigenvalue weighted by Gasteiger charge is 2.38. The van der Waals surface area contributed by atoms with Crippen LogP contribution in [0.3, 0.4) is 0 Å². The number of hydrogen-bond donors (Lipinski definition) is 2. The molecule has 7 heteroatoms. The standard InChI is InChI=1S/C10H19N3O4/c1-6-7(2)13(17)5-12(6)8(10(15)16)3-4-9(11)14/h6-8,13H,3-5H2,1-2H3,(H2,11,14)(H,15,16)/p-1/t6?,7?,8-/m0/s1. The molecule has 0 radical (unpaired) electrons. The van der Waals surface area contributed by atoms with Gasteiger partial charge in [0.25, 0.3) is 0 Å². The smallest absolute Gasteiger partial charge is 0.217 e. The number of aliphatic carboxylic acids is 1. The second kappa shape index (κ2) is 5.44. The summed E-state index contributed by atoms with van der Waals surface area (Å²) >= 11 is 0. The third-order valence-electron chi connectivity index (χ3n) is 3.43. The first kappa shape index (κ1) is 13.9. The molecular weight excluding hydrogens is 226 g/mol. The molecule has 0 aromatic heterocycles. The molecule has 17 heavy (non-hydrogen) atoms. The van der Waals surface area contributed by atoms with Gasteiger partial charge in [0.2, 0.25) is 5.91 Å². The molecule has 1 heterocycles. The first-order valence-corrected chi connectivity index (χ1v) is 5.62. The number of nitrogens with one attached hydrogen (secondary N) is 1. The van der Waals surface area contributed by atoms with Crippen molar-refractivity contribution in [2.75, 3.05) is 6.67 Å². The minimum atomic E-state index is -1.26. The van der Waals surface area contributed by atoms with E-state index >= 15 is 0 Å². The van der Waals surface area contributed by atoms with Crippen LogP contribution >= 0.6 is 0 Å². The summed E-state index contributed by atoms with van der Waals surface area (Å²) in [6.45, 7) is 3.67. The van der Waals surface area contributed by atoms with Crippen LogP contribution in [-0.2, 0) is 9.59 Å². The lowest BCUT2D eigenvalue weighted by molar-refractivity contribution is -0.864. The minimum absolute atomic E-state index is 0.0165. The Morgan fingerprint density at radius 2 is 2.12 bits per heavy atom. The van der Waals surface area contributed by atoms with Crippen molar-refractivity contribution >= 4 is 11.9 Å². The van der Waals surface area contributed by atoms with Gasteiger partial charge < -0.3 is 25.9 Å². The van der Waals surface area contributed by atoms with E-state index in [1.54, 1.807) is 18.7 Å². The van der Waals surface area contributed by atoms with Gasteiger partial charge in [-0.1, -0.05) is 0 Å². The Hall–Kier alpha value is -1.18. The van der Waals surface area contributed by atoms with Crippen LogP contribution in [0.4, 0.5) is 0 Å². The normalized spacial score (nSPS) is 31.4. The summed E-state index contributed by atoms with van der Waals surface area (Å²) in [4.78, 5) is 23.3. The van der Waals surface area contributed by atoms with Gasteiger partial charge in [-0.15, -0.1) is 0 Å². The second-order valence-corrected chi connectivity index (χ2v) is 4.51. The largest absolute Gasteiger partial charge is 0.633 e. The first-order chi connectivity index (χ1) is 7.84. The maximum Gasteiger partial charge on any atom is 0.217 e. The number of rotatable bonds is 5. The van der Waals surface area contributed by atoms with Crippen LogP contribution in [0.15, 0.2) is 0 Å². The van der Waals surface area contributed by atoms with Crippen LogP contribution in [0.2, 0.25) is 0 Å². The molecule has 3 N–H and O–H groups in total. The van der Waals surface area contributed by atoms with Crippen LogP contribution in [-0.4, -0.2) is 41.6 Å². The van der Waals surface area contributed by atoms with Gasteiger partial charge in [-0.25, -0.2) is 4.90 Å². The summed E-state index contributed by atoms with van der Waals surface area (Å²) in [6, 6.07) is -1.27. The summed E-state index contributed by atoms with van der Waals surface area (Å²) in [6.07, 6.45) is 0.0619. The lowest BCUT2D eigenvalue weighted by Gasteiger charge is -2.29. The Kier molecular flexibility index (Phi) is 4.44. The van der Waals surface area contributed by atoms with E-state index in [0.29, 0.717) is 0 Å². The van der Waals surface area contributed by atoms with Crippen LogP contribution in [0.1, 0.15) is 26.7 Å². The number of nitrogens with zero attached hydrogens (tertiary/aromatic N) is 1. The average molecular weight is 244 g/mol. The van der Waals surface area contributed by atoms with Crippen LogP contribution in [0, 0.1) is 5.21 Å².